The minimum atomic E-state index is -0.385. The van der Waals surface area contributed by atoms with Crippen molar-refractivity contribution in [3.63, 3.8) is 0 Å². The zero-order chi connectivity index (χ0) is 12.3. The van der Waals surface area contributed by atoms with Gasteiger partial charge in [0.1, 0.15) is 18.2 Å². The summed E-state index contributed by atoms with van der Waals surface area (Å²) in [6.45, 7) is 0.358. The van der Waals surface area contributed by atoms with Gasteiger partial charge in [-0.3, -0.25) is 0 Å². The van der Waals surface area contributed by atoms with Crippen molar-refractivity contribution in [3.05, 3.63) is 63.3 Å². The van der Waals surface area contributed by atoms with E-state index in [-0.39, 0.29) is 5.82 Å². The van der Waals surface area contributed by atoms with Crippen LogP contribution in [0.4, 0.5) is 4.39 Å². The number of rotatable bonds is 3. The molecule has 0 aromatic heterocycles. The highest BCUT2D eigenvalue weighted by Gasteiger charge is 2.08. The molecule has 0 aliphatic rings. The second-order valence-electron chi connectivity index (χ2n) is 3.47. The van der Waals surface area contributed by atoms with Gasteiger partial charge in [-0.25, -0.2) is 4.39 Å². The van der Waals surface area contributed by atoms with Crippen molar-refractivity contribution in [2.75, 3.05) is 0 Å². The molecule has 2 aromatic carbocycles. The Morgan fingerprint density at radius 2 is 1.88 bits per heavy atom. The van der Waals surface area contributed by atoms with E-state index in [9.17, 15) is 4.39 Å². The van der Waals surface area contributed by atoms with Crippen molar-refractivity contribution in [3.8, 4) is 5.75 Å². The van der Waals surface area contributed by atoms with Crippen molar-refractivity contribution in [2.24, 2.45) is 0 Å². The fourth-order valence-electron chi connectivity index (χ4n) is 1.37. The lowest BCUT2D eigenvalue weighted by Gasteiger charge is -2.09. The maximum Gasteiger partial charge on any atom is 0.142 e. The molecule has 0 atom stereocenters. The summed E-state index contributed by atoms with van der Waals surface area (Å²) in [5.41, 5.74) is 1.00. The van der Waals surface area contributed by atoms with Gasteiger partial charge in [-0.05, 0) is 27.6 Å². The van der Waals surface area contributed by atoms with Crippen LogP contribution in [-0.2, 0) is 6.61 Å². The van der Waals surface area contributed by atoms with E-state index in [0.717, 1.165) is 5.56 Å². The first-order chi connectivity index (χ1) is 8.16. The molecule has 2 rings (SSSR count). The molecule has 0 unspecified atom stereocenters. The third-order valence-corrected chi connectivity index (χ3v) is 3.44. The predicted molar refractivity (Wildman–Crippen MR) is 69.9 cm³/mol. The average molecular weight is 316 g/mol. The van der Waals surface area contributed by atoms with Crippen LogP contribution in [0.3, 0.4) is 0 Å². The van der Waals surface area contributed by atoms with Gasteiger partial charge in [-0.2, -0.15) is 0 Å². The lowest BCUT2D eigenvalue weighted by atomic mass is 10.2. The molecule has 0 spiro atoms. The van der Waals surface area contributed by atoms with Crippen LogP contribution in [0.1, 0.15) is 5.56 Å². The SMILES string of the molecule is Fc1cc(Br)c(Cl)c(OCc2ccccc2)c1. The fraction of sp³-hybridized carbons (Fsp3) is 0.0769. The van der Waals surface area contributed by atoms with Crippen LogP contribution in [0.15, 0.2) is 46.9 Å². The van der Waals surface area contributed by atoms with Crippen LogP contribution < -0.4 is 4.74 Å². The van der Waals surface area contributed by atoms with Gasteiger partial charge < -0.3 is 4.74 Å². The van der Waals surface area contributed by atoms with Crippen LogP contribution in [-0.4, -0.2) is 0 Å². The highest BCUT2D eigenvalue weighted by molar-refractivity contribution is 9.10. The molecule has 0 fully saturated rings. The fourth-order valence-corrected chi connectivity index (χ4v) is 1.95. The zero-order valence-electron chi connectivity index (χ0n) is 8.79. The number of benzene rings is 2. The third kappa shape index (κ3) is 3.20. The lowest BCUT2D eigenvalue weighted by molar-refractivity contribution is 0.304. The van der Waals surface area contributed by atoms with Crippen LogP contribution in [0.5, 0.6) is 5.75 Å². The van der Waals surface area contributed by atoms with Crippen molar-refractivity contribution in [1.29, 1.82) is 0 Å². The molecule has 88 valence electrons. The van der Waals surface area contributed by atoms with E-state index in [1.54, 1.807) is 0 Å². The summed E-state index contributed by atoms with van der Waals surface area (Å²) in [5, 5.41) is 0.377. The largest absolute Gasteiger partial charge is 0.487 e. The molecule has 4 heteroatoms. The number of ether oxygens (including phenoxy) is 1. The zero-order valence-corrected chi connectivity index (χ0v) is 11.1. The minimum Gasteiger partial charge on any atom is -0.487 e. The summed E-state index contributed by atoms with van der Waals surface area (Å²) in [4.78, 5) is 0. The van der Waals surface area contributed by atoms with E-state index in [1.165, 1.54) is 12.1 Å². The predicted octanol–water partition coefficient (Wildman–Crippen LogP) is 4.82. The van der Waals surface area contributed by atoms with E-state index in [2.05, 4.69) is 15.9 Å². The normalized spacial score (nSPS) is 10.3. The molecule has 0 aliphatic carbocycles. The molecular formula is C13H9BrClFO. The van der Waals surface area contributed by atoms with E-state index < -0.39 is 0 Å². The Bertz CT molecular complexity index is 516. The molecule has 0 heterocycles. The first kappa shape index (κ1) is 12.4. The topological polar surface area (TPSA) is 9.23 Å². The smallest absolute Gasteiger partial charge is 0.142 e. The van der Waals surface area contributed by atoms with Gasteiger partial charge in [-0.1, -0.05) is 41.9 Å². The Morgan fingerprint density at radius 1 is 1.18 bits per heavy atom. The molecule has 17 heavy (non-hydrogen) atoms. The molecule has 0 N–H and O–H groups in total. The van der Waals surface area contributed by atoms with Gasteiger partial charge in [0.2, 0.25) is 0 Å². The van der Waals surface area contributed by atoms with E-state index in [0.29, 0.717) is 21.9 Å². The van der Waals surface area contributed by atoms with Gasteiger partial charge in [-0.15, -0.1) is 0 Å². The lowest BCUT2D eigenvalue weighted by Crippen LogP contribution is -1.96. The van der Waals surface area contributed by atoms with Crippen LogP contribution in [0, 0.1) is 5.82 Å². The molecule has 0 radical (unpaired) electrons. The van der Waals surface area contributed by atoms with Crippen LogP contribution in [0.2, 0.25) is 5.02 Å². The molecular weight excluding hydrogens is 306 g/mol. The maximum atomic E-state index is 13.2. The van der Waals surface area contributed by atoms with Crippen LogP contribution >= 0.6 is 27.5 Å². The Labute approximate surface area is 112 Å². The van der Waals surface area contributed by atoms with Crippen molar-refractivity contribution in [2.45, 2.75) is 6.61 Å². The van der Waals surface area contributed by atoms with Crippen molar-refractivity contribution in [1.82, 2.24) is 0 Å². The Morgan fingerprint density at radius 3 is 2.59 bits per heavy atom. The molecule has 2 aromatic rings. The quantitative estimate of drug-likeness (QED) is 0.738. The summed E-state index contributed by atoms with van der Waals surface area (Å²) in [5.74, 6) is -0.0493. The van der Waals surface area contributed by atoms with E-state index in [1.807, 2.05) is 30.3 Å². The highest BCUT2D eigenvalue weighted by Crippen LogP contribution is 2.33. The van der Waals surface area contributed by atoms with Gasteiger partial charge in [0, 0.05) is 10.5 Å². The number of hydrogen-bond donors (Lipinski definition) is 0. The Hall–Kier alpha value is -1.06. The molecule has 0 bridgehead atoms. The van der Waals surface area contributed by atoms with Crippen LogP contribution in [0.25, 0.3) is 0 Å². The van der Waals surface area contributed by atoms with Crippen molar-refractivity contribution < 1.29 is 9.13 Å². The molecule has 0 saturated heterocycles. The second-order valence-corrected chi connectivity index (χ2v) is 4.71. The number of hydrogen-bond acceptors (Lipinski definition) is 1. The minimum absolute atomic E-state index is 0.336. The van der Waals surface area contributed by atoms with Gasteiger partial charge in [0.15, 0.2) is 0 Å². The highest BCUT2D eigenvalue weighted by atomic mass is 79.9. The summed E-state index contributed by atoms with van der Waals surface area (Å²) in [7, 11) is 0. The Kier molecular flexibility index (Phi) is 4.02. The molecule has 0 aliphatic heterocycles. The van der Waals surface area contributed by atoms with Crippen molar-refractivity contribution >= 4 is 27.5 Å². The molecule has 0 amide bonds. The van der Waals surface area contributed by atoms with Gasteiger partial charge in [0.05, 0.1) is 5.02 Å². The second kappa shape index (κ2) is 5.52. The molecule has 1 nitrogen and oxygen atoms in total. The Balaban J connectivity index is 2.14. The average Bonchev–Trinajstić information content (AvgIpc) is 2.33. The van der Waals surface area contributed by atoms with E-state index >= 15 is 0 Å². The van der Waals surface area contributed by atoms with E-state index in [4.69, 9.17) is 16.3 Å². The monoisotopic (exact) mass is 314 g/mol. The summed E-state index contributed by atoms with van der Waals surface area (Å²) in [6, 6.07) is 12.2. The van der Waals surface area contributed by atoms with Gasteiger partial charge in [0.25, 0.3) is 0 Å². The first-order valence-corrected chi connectivity index (χ1v) is 6.15. The third-order valence-electron chi connectivity index (χ3n) is 2.20. The first-order valence-electron chi connectivity index (χ1n) is 4.98. The summed E-state index contributed by atoms with van der Waals surface area (Å²) in [6.07, 6.45) is 0. The number of halogens is 3. The maximum absolute atomic E-state index is 13.2. The standard InChI is InChI=1S/C13H9BrClFO/c14-11-6-10(16)7-12(13(11)15)17-8-9-4-2-1-3-5-9/h1-7H,8H2. The summed E-state index contributed by atoms with van der Waals surface area (Å²) < 4.78 is 19.1. The van der Waals surface area contributed by atoms with Gasteiger partial charge >= 0.3 is 0 Å². The summed E-state index contributed by atoms with van der Waals surface area (Å²) >= 11 is 9.16. The molecule has 0 saturated carbocycles.